The smallest absolute Gasteiger partial charge is 0.130 e. The molecular formula is C29H35FO. The van der Waals surface area contributed by atoms with Gasteiger partial charge in [0.05, 0.1) is 7.11 Å². The van der Waals surface area contributed by atoms with Crippen LogP contribution >= 0.6 is 0 Å². The Labute approximate surface area is 188 Å². The number of hydrogen-bond donors (Lipinski definition) is 0. The first-order valence-electron chi connectivity index (χ1n) is 10.8. The van der Waals surface area contributed by atoms with E-state index in [0.717, 1.165) is 16.9 Å². The molecule has 3 aromatic rings. The number of methoxy groups -OCH3 is 1. The molecule has 3 rings (SSSR count). The molecule has 0 aliphatic rings. The third-order valence-electron chi connectivity index (χ3n) is 4.60. The first-order valence-corrected chi connectivity index (χ1v) is 10.8. The Morgan fingerprint density at radius 3 is 1.71 bits per heavy atom. The van der Waals surface area contributed by atoms with Gasteiger partial charge in [0.25, 0.3) is 0 Å². The molecule has 0 unspecified atom stereocenters. The molecule has 0 heterocycles. The minimum absolute atomic E-state index is 0.102. The van der Waals surface area contributed by atoms with Crippen LogP contribution < -0.4 is 4.74 Å². The van der Waals surface area contributed by atoms with Gasteiger partial charge < -0.3 is 4.74 Å². The topological polar surface area (TPSA) is 9.23 Å². The Morgan fingerprint density at radius 2 is 1.26 bits per heavy atom. The minimum Gasteiger partial charge on any atom is -0.497 e. The van der Waals surface area contributed by atoms with Gasteiger partial charge in [-0.15, -0.1) is 0 Å². The van der Waals surface area contributed by atoms with E-state index < -0.39 is 0 Å². The zero-order valence-electron chi connectivity index (χ0n) is 20.1. The molecule has 0 N–H and O–H groups in total. The minimum atomic E-state index is -0.147. The quantitative estimate of drug-likeness (QED) is 0.383. The van der Waals surface area contributed by atoms with Crippen LogP contribution in [0.3, 0.4) is 0 Å². The zero-order valence-corrected chi connectivity index (χ0v) is 20.1. The van der Waals surface area contributed by atoms with Crippen LogP contribution in [0, 0.1) is 38.4 Å². The highest BCUT2D eigenvalue weighted by molar-refractivity contribution is 5.50. The summed E-state index contributed by atoms with van der Waals surface area (Å²) in [6.45, 7) is 13.9. The molecule has 164 valence electrons. The van der Waals surface area contributed by atoms with E-state index in [0.29, 0.717) is 11.1 Å². The maximum atomic E-state index is 14.3. The SMILES string of the molecule is CC.COc1ccc(C#Cc2ccc(C)c(F)c2C(C)C)cc1.Cc1ccc(C)cc1. The van der Waals surface area contributed by atoms with Crippen molar-refractivity contribution in [1.29, 1.82) is 0 Å². The number of benzene rings is 3. The molecule has 3 aromatic carbocycles. The second-order valence-corrected chi connectivity index (χ2v) is 7.45. The van der Waals surface area contributed by atoms with Gasteiger partial charge in [-0.2, -0.15) is 0 Å². The Morgan fingerprint density at radius 1 is 0.742 bits per heavy atom. The van der Waals surface area contributed by atoms with E-state index in [1.165, 1.54) is 11.1 Å². The van der Waals surface area contributed by atoms with Crippen molar-refractivity contribution in [3.63, 3.8) is 0 Å². The molecule has 0 bridgehead atoms. The number of hydrogen-bond acceptors (Lipinski definition) is 1. The Balaban J connectivity index is 0.000000400. The Hall–Kier alpha value is -3.05. The van der Waals surface area contributed by atoms with Gasteiger partial charge >= 0.3 is 0 Å². The van der Waals surface area contributed by atoms with Crippen LogP contribution in [0.5, 0.6) is 5.75 Å². The highest BCUT2D eigenvalue weighted by Gasteiger charge is 2.13. The molecule has 2 heteroatoms. The van der Waals surface area contributed by atoms with Gasteiger partial charge in [-0.05, 0) is 62.6 Å². The summed E-state index contributed by atoms with van der Waals surface area (Å²) in [5.41, 5.74) is 5.64. The van der Waals surface area contributed by atoms with E-state index in [9.17, 15) is 4.39 Å². The van der Waals surface area contributed by atoms with Crippen molar-refractivity contribution in [1.82, 2.24) is 0 Å². The average molecular weight is 419 g/mol. The standard InChI is InChI=1S/C19H19FO.C8H10.C2H6/c1-13(2)18-16(9-5-14(3)19(18)20)10-6-15-7-11-17(21-4)12-8-15;1-7-3-5-8(2)6-4-7;1-2/h5,7-9,11-13H,1-4H3;3-6H,1-2H3;1-2H3. The molecule has 1 nitrogen and oxygen atoms in total. The second kappa shape index (κ2) is 13.3. The lowest BCUT2D eigenvalue weighted by Gasteiger charge is -2.11. The molecule has 0 aliphatic heterocycles. The molecule has 0 fully saturated rings. The summed E-state index contributed by atoms with van der Waals surface area (Å²) >= 11 is 0. The van der Waals surface area contributed by atoms with Crippen molar-refractivity contribution in [3.8, 4) is 17.6 Å². The van der Waals surface area contributed by atoms with Crippen molar-refractivity contribution in [2.75, 3.05) is 7.11 Å². The second-order valence-electron chi connectivity index (χ2n) is 7.45. The maximum absolute atomic E-state index is 14.3. The molecule has 0 amide bonds. The zero-order chi connectivity index (χ0) is 23.4. The fraction of sp³-hybridized carbons (Fsp3) is 0.310. The van der Waals surface area contributed by atoms with Crippen molar-refractivity contribution >= 4 is 0 Å². The van der Waals surface area contributed by atoms with E-state index in [-0.39, 0.29) is 11.7 Å². The normalized spacial score (nSPS) is 9.48. The number of halogens is 1. The summed E-state index contributed by atoms with van der Waals surface area (Å²) in [6, 6.07) is 19.7. The van der Waals surface area contributed by atoms with Crippen LogP contribution in [0.15, 0.2) is 60.7 Å². The Bertz CT molecular complexity index is 967. The van der Waals surface area contributed by atoms with E-state index in [4.69, 9.17) is 4.74 Å². The van der Waals surface area contributed by atoms with Crippen molar-refractivity contribution in [2.24, 2.45) is 0 Å². The van der Waals surface area contributed by atoms with Gasteiger partial charge in [-0.25, -0.2) is 4.39 Å². The van der Waals surface area contributed by atoms with Gasteiger partial charge in [0.2, 0.25) is 0 Å². The third kappa shape index (κ3) is 8.30. The van der Waals surface area contributed by atoms with Gasteiger partial charge in [-0.3, -0.25) is 0 Å². The predicted molar refractivity (Wildman–Crippen MR) is 131 cm³/mol. The van der Waals surface area contributed by atoms with E-state index in [1.54, 1.807) is 20.1 Å². The number of aryl methyl sites for hydroxylation is 3. The van der Waals surface area contributed by atoms with Crippen LogP contribution in [0.2, 0.25) is 0 Å². The van der Waals surface area contributed by atoms with Gasteiger partial charge in [0, 0.05) is 16.7 Å². The number of rotatable bonds is 2. The molecular weight excluding hydrogens is 383 g/mol. The van der Waals surface area contributed by atoms with Crippen LogP contribution in [0.4, 0.5) is 4.39 Å². The molecule has 0 saturated heterocycles. The molecule has 0 aromatic heterocycles. The largest absolute Gasteiger partial charge is 0.497 e. The lowest BCUT2D eigenvalue weighted by molar-refractivity contribution is 0.415. The first kappa shape index (κ1) is 26.0. The van der Waals surface area contributed by atoms with Crippen molar-refractivity contribution in [3.05, 3.63) is 99.9 Å². The molecule has 0 radical (unpaired) electrons. The number of ether oxygens (including phenoxy) is 1. The molecule has 0 atom stereocenters. The fourth-order valence-electron chi connectivity index (χ4n) is 2.83. The van der Waals surface area contributed by atoms with Gasteiger partial charge in [0.15, 0.2) is 0 Å². The lowest BCUT2D eigenvalue weighted by Crippen LogP contribution is -2.00. The third-order valence-corrected chi connectivity index (χ3v) is 4.60. The van der Waals surface area contributed by atoms with E-state index in [2.05, 4.69) is 50.0 Å². The summed E-state index contributed by atoms with van der Waals surface area (Å²) in [5.74, 6) is 6.92. The summed E-state index contributed by atoms with van der Waals surface area (Å²) in [4.78, 5) is 0. The van der Waals surface area contributed by atoms with Gasteiger partial charge in [-0.1, -0.05) is 81.0 Å². The first-order chi connectivity index (χ1) is 14.8. The Kier molecular flexibility index (Phi) is 11.1. The van der Waals surface area contributed by atoms with Crippen LogP contribution in [0.1, 0.15) is 67.0 Å². The van der Waals surface area contributed by atoms with Crippen molar-refractivity contribution < 1.29 is 9.13 Å². The average Bonchev–Trinajstić information content (AvgIpc) is 2.78. The fourth-order valence-corrected chi connectivity index (χ4v) is 2.83. The summed E-state index contributed by atoms with van der Waals surface area (Å²) in [5, 5.41) is 0. The molecule has 0 saturated carbocycles. The van der Waals surface area contributed by atoms with E-state index in [1.807, 2.05) is 58.0 Å². The summed E-state index contributed by atoms with van der Waals surface area (Å²) in [6.07, 6.45) is 0. The molecule has 31 heavy (non-hydrogen) atoms. The van der Waals surface area contributed by atoms with Crippen molar-refractivity contribution in [2.45, 2.75) is 54.4 Å². The maximum Gasteiger partial charge on any atom is 0.130 e. The van der Waals surface area contributed by atoms with E-state index >= 15 is 0 Å². The highest BCUT2D eigenvalue weighted by Crippen LogP contribution is 2.25. The van der Waals surface area contributed by atoms with Gasteiger partial charge in [0.1, 0.15) is 11.6 Å². The molecule has 0 spiro atoms. The lowest BCUT2D eigenvalue weighted by atomic mass is 9.94. The highest BCUT2D eigenvalue weighted by atomic mass is 19.1. The van der Waals surface area contributed by atoms with Crippen LogP contribution in [-0.2, 0) is 0 Å². The van der Waals surface area contributed by atoms with Crippen LogP contribution in [-0.4, -0.2) is 7.11 Å². The summed E-state index contributed by atoms with van der Waals surface area (Å²) < 4.78 is 19.4. The monoisotopic (exact) mass is 418 g/mol. The van der Waals surface area contributed by atoms with Crippen LogP contribution in [0.25, 0.3) is 0 Å². The predicted octanol–water partition coefficient (Wildman–Crippen LogP) is 8.00. The molecule has 0 aliphatic carbocycles. The summed E-state index contributed by atoms with van der Waals surface area (Å²) in [7, 11) is 1.63.